The molecule has 0 bridgehead atoms. The summed E-state index contributed by atoms with van der Waals surface area (Å²) < 4.78 is 0. The van der Waals surface area contributed by atoms with Crippen LogP contribution in [0.2, 0.25) is 0 Å². The first-order valence-corrected chi connectivity index (χ1v) is 5.73. The minimum absolute atomic E-state index is 0.347. The molecule has 1 heterocycles. The van der Waals surface area contributed by atoms with E-state index in [0.29, 0.717) is 5.92 Å². The molecule has 0 radical (unpaired) electrons. The number of rotatable bonds is 4. The third-order valence-electron chi connectivity index (χ3n) is 2.65. The average molecular weight is 209 g/mol. The Morgan fingerprint density at radius 3 is 2.64 bits per heavy atom. The van der Waals surface area contributed by atoms with E-state index in [1.54, 1.807) is 0 Å². The number of nitrogens with zero attached hydrogens (tertiary/aromatic N) is 1. The zero-order valence-electron chi connectivity index (χ0n) is 8.91. The molecule has 14 heavy (non-hydrogen) atoms. The molecule has 1 rings (SSSR count). The van der Waals surface area contributed by atoms with Gasteiger partial charge in [0.1, 0.15) is 0 Å². The first-order valence-electron chi connectivity index (χ1n) is 5.32. The van der Waals surface area contributed by atoms with Crippen molar-refractivity contribution in [2.45, 2.75) is 26.2 Å². The maximum atomic E-state index is 5.47. The van der Waals surface area contributed by atoms with Crippen LogP contribution in [0.3, 0.4) is 0 Å². The number of hydrogen-bond donors (Lipinski definition) is 0. The number of allylic oxidation sites excluding steroid dienone is 2. The lowest BCUT2D eigenvalue weighted by Crippen LogP contribution is -2.31. The first kappa shape index (κ1) is 11.4. The molecule has 0 aromatic heterocycles. The number of thiocarbonyl (C=S) groups is 1. The molecule has 0 saturated carbocycles. The van der Waals surface area contributed by atoms with Gasteiger partial charge in [0.25, 0.3) is 0 Å². The zero-order valence-corrected chi connectivity index (χ0v) is 9.72. The van der Waals surface area contributed by atoms with E-state index in [1.807, 2.05) is 13.0 Å². The maximum Gasteiger partial charge on any atom is 0.0851 e. The minimum atomic E-state index is 0.347. The van der Waals surface area contributed by atoms with Gasteiger partial charge in [-0.05, 0) is 26.2 Å². The van der Waals surface area contributed by atoms with Crippen molar-refractivity contribution in [1.82, 2.24) is 4.90 Å². The molecule has 1 nitrogen and oxygen atoms in total. The Labute approximate surface area is 92.5 Å². The van der Waals surface area contributed by atoms with Crippen LogP contribution < -0.4 is 0 Å². The van der Waals surface area contributed by atoms with Gasteiger partial charge in [-0.3, -0.25) is 0 Å². The molecule has 78 valence electrons. The van der Waals surface area contributed by atoms with E-state index < -0.39 is 0 Å². The maximum absolute atomic E-state index is 5.47. The fourth-order valence-corrected chi connectivity index (χ4v) is 2.13. The van der Waals surface area contributed by atoms with Gasteiger partial charge in [-0.15, -0.1) is 6.58 Å². The molecule has 1 fully saturated rings. The van der Waals surface area contributed by atoms with Crippen LogP contribution in [-0.4, -0.2) is 23.0 Å². The van der Waals surface area contributed by atoms with Crippen LogP contribution in [-0.2, 0) is 0 Å². The highest BCUT2D eigenvalue weighted by Gasteiger charge is 2.19. The van der Waals surface area contributed by atoms with Crippen LogP contribution in [0.15, 0.2) is 24.8 Å². The van der Waals surface area contributed by atoms with Crippen LogP contribution in [0.1, 0.15) is 26.2 Å². The summed E-state index contributed by atoms with van der Waals surface area (Å²) in [5, 5.41) is 0. The van der Waals surface area contributed by atoms with E-state index in [9.17, 15) is 0 Å². The molecule has 1 aliphatic rings. The van der Waals surface area contributed by atoms with Gasteiger partial charge in [-0.1, -0.05) is 30.4 Å². The van der Waals surface area contributed by atoms with E-state index in [4.69, 9.17) is 12.2 Å². The Kier molecular flexibility index (Phi) is 4.88. The van der Waals surface area contributed by atoms with Crippen LogP contribution in [0.4, 0.5) is 0 Å². The molecule has 2 heteroatoms. The molecular weight excluding hydrogens is 190 g/mol. The van der Waals surface area contributed by atoms with Crippen molar-refractivity contribution in [3.05, 3.63) is 24.8 Å². The highest BCUT2D eigenvalue weighted by Crippen LogP contribution is 2.17. The van der Waals surface area contributed by atoms with Crippen molar-refractivity contribution < 1.29 is 0 Å². The topological polar surface area (TPSA) is 3.24 Å². The second-order valence-electron chi connectivity index (χ2n) is 3.68. The monoisotopic (exact) mass is 209 g/mol. The molecular formula is C12H19NS. The van der Waals surface area contributed by atoms with Gasteiger partial charge >= 0.3 is 0 Å². The van der Waals surface area contributed by atoms with E-state index in [-0.39, 0.29) is 0 Å². The Morgan fingerprint density at radius 1 is 1.50 bits per heavy atom. The second kappa shape index (κ2) is 5.97. The lowest BCUT2D eigenvalue weighted by Gasteiger charge is -2.23. The minimum Gasteiger partial charge on any atom is -0.366 e. The van der Waals surface area contributed by atoms with Gasteiger partial charge in [0.05, 0.1) is 4.99 Å². The Balaban J connectivity index is 2.50. The lowest BCUT2D eigenvalue weighted by molar-refractivity contribution is 0.503. The molecule has 0 amide bonds. The van der Waals surface area contributed by atoms with Crippen molar-refractivity contribution in [3.8, 4) is 0 Å². The van der Waals surface area contributed by atoms with E-state index in [0.717, 1.165) is 24.5 Å². The summed E-state index contributed by atoms with van der Waals surface area (Å²) in [6, 6.07) is 0. The SMILES string of the molecule is C=CC(CC=CC)C(=S)N1CCCC1. The third kappa shape index (κ3) is 2.95. The predicted octanol–water partition coefficient (Wildman–Crippen LogP) is 3.18. The van der Waals surface area contributed by atoms with Gasteiger partial charge in [-0.2, -0.15) is 0 Å². The fourth-order valence-electron chi connectivity index (χ4n) is 1.75. The summed E-state index contributed by atoms with van der Waals surface area (Å²) in [4.78, 5) is 3.40. The molecule has 0 aromatic rings. The van der Waals surface area contributed by atoms with E-state index in [2.05, 4.69) is 23.6 Å². The number of hydrogen-bond acceptors (Lipinski definition) is 1. The van der Waals surface area contributed by atoms with Gasteiger partial charge in [0, 0.05) is 19.0 Å². The normalized spacial score (nSPS) is 18.8. The lowest BCUT2D eigenvalue weighted by atomic mass is 10.0. The highest BCUT2D eigenvalue weighted by molar-refractivity contribution is 7.80. The van der Waals surface area contributed by atoms with Gasteiger partial charge in [0.2, 0.25) is 0 Å². The van der Waals surface area contributed by atoms with Crippen molar-refractivity contribution >= 4 is 17.2 Å². The highest BCUT2D eigenvalue weighted by atomic mass is 32.1. The summed E-state index contributed by atoms with van der Waals surface area (Å²) in [6.45, 7) is 8.17. The van der Waals surface area contributed by atoms with E-state index in [1.165, 1.54) is 12.8 Å². The van der Waals surface area contributed by atoms with E-state index >= 15 is 0 Å². The predicted molar refractivity (Wildman–Crippen MR) is 66.5 cm³/mol. The summed E-state index contributed by atoms with van der Waals surface area (Å²) in [7, 11) is 0. The van der Waals surface area contributed by atoms with Crippen LogP contribution in [0.5, 0.6) is 0 Å². The average Bonchev–Trinajstić information content (AvgIpc) is 2.71. The van der Waals surface area contributed by atoms with Crippen LogP contribution >= 0.6 is 12.2 Å². The van der Waals surface area contributed by atoms with Crippen molar-refractivity contribution in [2.75, 3.05) is 13.1 Å². The Morgan fingerprint density at radius 2 is 2.14 bits per heavy atom. The molecule has 0 aromatic carbocycles. The largest absolute Gasteiger partial charge is 0.366 e. The molecule has 0 N–H and O–H groups in total. The fraction of sp³-hybridized carbons (Fsp3) is 0.583. The first-order chi connectivity index (χ1) is 6.79. The summed E-state index contributed by atoms with van der Waals surface area (Å²) in [5.41, 5.74) is 0. The van der Waals surface area contributed by atoms with Gasteiger partial charge in [-0.25, -0.2) is 0 Å². The molecule has 0 spiro atoms. The molecule has 1 aliphatic heterocycles. The summed E-state index contributed by atoms with van der Waals surface area (Å²) >= 11 is 5.47. The van der Waals surface area contributed by atoms with Crippen molar-refractivity contribution in [2.24, 2.45) is 5.92 Å². The van der Waals surface area contributed by atoms with Gasteiger partial charge in [0.15, 0.2) is 0 Å². The van der Waals surface area contributed by atoms with Crippen molar-refractivity contribution in [3.63, 3.8) is 0 Å². The standard InChI is InChI=1S/C12H19NS/c1-3-5-8-11(4-2)12(14)13-9-6-7-10-13/h3-5,11H,2,6-10H2,1H3. The van der Waals surface area contributed by atoms with Gasteiger partial charge < -0.3 is 4.90 Å². The Bertz CT molecular complexity index is 226. The van der Waals surface area contributed by atoms with Crippen LogP contribution in [0, 0.1) is 5.92 Å². The van der Waals surface area contributed by atoms with Crippen LogP contribution in [0.25, 0.3) is 0 Å². The molecule has 1 unspecified atom stereocenters. The molecule has 1 atom stereocenters. The smallest absolute Gasteiger partial charge is 0.0851 e. The summed E-state index contributed by atoms with van der Waals surface area (Å²) in [6.07, 6.45) is 9.77. The number of likely N-dealkylation sites (tertiary alicyclic amines) is 1. The Hall–Kier alpha value is -0.630. The van der Waals surface area contributed by atoms with Crippen molar-refractivity contribution in [1.29, 1.82) is 0 Å². The summed E-state index contributed by atoms with van der Waals surface area (Å²) in [5.74, 6) is 0.347. The second-order valence-corrected chi connectivity index (χ2v) is 4.10. The third-order valence-corrected chi connectivity index (χ3v) is 3.21. The zero-order chi connectivity index (χ0) is 10.4. The molecule has 1 saturated heterocycles. The molecule has 0 aliphatic carbocycles. The quantitative estimate of drug-likeness (QED) is 0.517.